The highest BCUT2D eigenvalue weighted by atomic mass is 79.9. The number of aromatic nitrogens is 1. The van der Waals surface area contributed by atoms with Gasteiger partial charge < -0.3 is 14.8 Å². The number of amides is 1. The molecule has 98 valence electrons. The lowest BCUT2D eigenvalue weighted by Gasteiger charge is -2.44. The fraction of sp³-hybridized carbons (Fsp3) is 0.615. The van der Waals surface area contributed by atoms with Crippen molar-refractivity contribution in [2.75, 3.05) is 19.6 Å². The number of halogens is 1. The van der Waals surface area contributed by atoms with Crippen molar-refractivity contribution in [3.63, 3.8) is 0 Å². The first-order chi connectivity index (χ1) is 8.65. The van der Waals surface area contributed by atoms with E-state index in [9.17, 15) is 4.79 Å². The first kappa shape index (κ1) is 12.2. The van der Waals surface area contributed by atoms with Crippen LogP contribution in [0.1, 0.15) is 23.3 Å². The molecule has 1 aromatic rings. The molecule has 0 radical (unpaired) electrons. The Balaban J connectivity index is 1.70. The Labute approximate surface area is 115 Å². The zero-order valence-electron chi connectivity index (χ0n) is 10.5. The van der Waals surface area contributed by atoms with Crippen molar-refractivity contribution in [3.05, 3.63) is 22.4 Å². The average molecular weight is 312 g/mol. The van der Waals surface area contributed by atoms with E-state index in [4.69, 9.17) is 0 Å². The molecule has 4 heterocycles. The number of nitrogens with zero attached hydrogens (tertiary/aromatic N) is 2. The molecule has 3 aliphatic rings. The van der Waals surface area contributed by atoms with Crippen molar-refractivity contribution < 1.29 is 4.79 Å². The minimum atomic E-state index is 0.0435. The van der Waals surface area contributed by atoms with Crippen LogP contribution in [0.3, 0.4) is 0 Å². The molecule has 1 amide bonds. The smallest absolute Gasteiger partial charge is 0.268 e. The van der Waals surface area contributed by atoms with Gasteiger partial charge in [-0.3, -0.25) is 4.79 Å². The molecule has 5 heteroatoms. The van der Waals surface area contributed by atoms with E-state index in [0.717, 1.165) is 16.8 Å². The quantitative estimate of drug-likeness (QED) is 0.901. The molecule has 4 nitrogen and oxygen atoms in total. The summed E-state index contributed by atoms with van der Waals surface area (Å²) < 4.78 is 2.80. The Morgan fingerprint density at radius 2 is 2.11 bits per heavy atom. The lowest BCUT2D eigenvalue weighted by molar-refractivity contribution is 0.0616. The van der Waals surface area contributed by atoms with Crippen LogP contribution in [0, 0.1) is 5.92 Å². The van der Waals surface area contributed by atoms with E-state index in [0.29, 0.717) is 12.0 Å². The van der Waals surface area contributed by atoms with E-state index < -0.39 is 0 Å². The van der Waals surface area contributed by atoms with Crippen molar-refractivity contribution >= 4 is 21.8 Å². The van der Waals surface area contributed by atoms with E-state index in [2.05, 4.69) is 26.1 Å². The van der Waals surface area contributed by atoms with Crippen molar-refractivity contribution in [3.8, 4) is 0 Å². The first-order valence-corrected chi connectivity index (χ1v) is 7.29. The van der Waals surface area contributed by atoms with E-state index in [1.807, 2.05) is 23.7 Å². The molecule has 0 saturated carbocycles. The second-order valence-electron chi connectivity index (χ2n) is 5.32. The average Bonchev–Trinajstić information content (AvgIpc) is 2.71. The highest BCUT2D eigenvalue weighted by Gasteiger charge is 2.35. The highest BCUT2D eigenvalue weighted by molar-refractivity contribution is 9.10. The topological polar surface area (TPSA) is 37.3 Å². The molecule has 4 rings (SSSR count). The van der Waals surface area contributed by atoms with E-state index in [1.54, 1.807) is 0 Å². The molecular weight excluding hydrogens is 294 g/mol. The third-order valence-electron chi connectivity index (χ3n) is 4.27. The molecule has 0 aromatic carbocycles. The molecule has 1 atom stereocenters. The van der Waals surface area contributed by atoms with Crippen molar-refractivity contribution in [1.29, 1.82) is 0 Å². The monoisotopic (exact) mass is 311 g/mol. The van der Waals surface area contributed by atoms with Gasteiger partial charge in [0.05, 0.1) is 4.60 Å². The van der Waals surface area contributed by atoms with Gasteiger partial charge in [0.2, 0.25) is 0 Å². The second kappa shape index (κ2) is 4.70. The van der Waals surface area contributed by atoms with Gasteiger partial charge in [0.15, 0.2) is 0 Å². The molecule has 2 bridgehead atoms. The number of hydrogen-bond acceptors (Lipinski definition) is 2. The number of carbonyl (C=O) groups is 1. The van der Waals surface area contributed by atoms with Crippen LogP contribution in [0.5, 0.6) is 0 Å². The second-order valence-corrected chi connectivity index (χ2v) is 6.13. The van der Waals surface area contributed by atoms with Crippen molar-refractivity contribution in [2.45, 2.75) is 18.9 Å². The molecule has 1 aromatic heterocycles. The van der Waals surface area contributed by atoms with Gasteiger partial charge in [0.25, 0.3) is 5.91 Å². The fourth-order valence-corrected chi connectivity index (χ4v) is 3.41. The van der Waals surface area contributed by atoms with Crippen LogP contribution < -0.4 is 5.32 Å². The van der Waals surface area contributed by atoms with E-state index in [-0.39, 0.29) is 5.91 Å². The van der Waals surface area contributed by atoms with Crippen LogP contribution in [-0.4, -0.2) is 41.1 Å². The summed E-state index contributed by atoms with van der Waals surface area (Å²) in [4.78, 5) is 14.7. The van der Waals surface area contributed by atoms with Gasteiger partial charge in [0, 0.05) is 19.6 Å². The summed E-state index contributed by atoms with van der Waals surface area (Å²) in [6.07, 6.45) is 2.45. The Hall–Kier alpha value is -0.810. The van der Waals surface area contributed by atoms with Gasteiger partial charge in [-0.1, -0.05) is 0 Å². The number of carbonyl (C=O) groups excluding carboxylic acids is 1. The number of piperidine rings is 3. The van der Waals surface area contributed by atoms with Crippen molar-refractivity contribution in [1.82, 2.24) is 14.8 Å². The molecule has 1 N–H and O–H groups in total. The van der Waals surface area contributed by atoms with Gasteiger partial charge in [-0.15, -0.1) is 0 Å². The van der Waals surface area contributed by atoms with Gasteiger partial charge in [-0.25, -0.2) is 0 Å². The summed E-state index contributed by atoms with van der Waals surface area (Å²) in [5, 5.41) is 3.20. The van der Waals surface area contributed by atoms with E-state index in [1.165, 1.54) is 25.9 Å². The molecular formula is C13H18BrN3O. The predicted octanol–water partition coefficient (Wildman–Crippen LogP) is 1.61. The van der Waals surface area contributed by atoms with Crippen LogP contribution in [0.2, 0.25) is 0 Å². The number of rotatable bonds is 2. The van der Waals surface area contributed by atoms with Crippen molar-refractivity contribution in [2.24, 2.45) is 13.0 Å². The summed E-state index contributed by atoms with van der Waals surface area (Å²) in [7, 11) is 1.90. The molecule has 3 saturated heterocycles. The lowest BCUT2D eigenvalue weighted by Crippen LogP contribution is -2.57. The van der Waals surface area contributed by atoms with Gasteiger partial charge in [0.1, 0.15) is 5.69 Å². The Morgan fingerprint density at radius 1 is 1.39 bits per heavy atom. The summed E-state index contributed by atoms with van der Waals surface area (Å²) in [6, 6.07) is 4.10. The Kier molecular flexibility index (Phi) is 3.20. The van der Waals surface area contributed by atoms with Crippen LogP contribution in [-0.2, 0) is 7.05 Å². The zero-order chi connectivity index (χ0) is 12.7. The minimum Gasteiger partial charge on any atom is -0.346 e. The lowest BCUT2D eigenvalue weighted by atomic mass is 9.84. The maximum atomic E-state index is 12.3. The maximum Gasteiger partial charge on any atom is 0.268 e. The molecule has 0 aliphatic carbocycles. The van der Waals surface area contributed by atoms with Gasteiger partial charge >= 0.3 is 0 Å². The largest absolute Gasteiger partial charge is 0.346 e. The summed E-state index contributed by atoms with van der Waals surface area (Å²) in [6.45, 7) is 3.42. The Morgan fingerprint density at radius 3 is 2.61 bits per heavy atom. The first-order valence-electron chi connectivity index (χ1n) is 6.49. The fourth-order valence-electron chi connectivity index (χ4n) is 3.09. The van der Waals surface area contributed by atoms with Gasteiger partial charge in [-0.05, 0) is 59.9 Å². The standard InChI is InChI=1S/C13H18BrN3O/c1-16-11(2-3-12(16)14)13(18)15-10-8-17-6-4-9(10)5-7-17/h2-3,9-10H,4-8H2,1H3,(H,15,18)/t10-/m0/s1. The van der Waals surface area contributed by atoms with Crippen LogP contribution in [0.15, 0.2) is 16.7 Å². The normalized spacial score (nSPS) is 30.4. The number of nitrogens with one attached hydrogen (secondary N) is 1. The van der Waals surface area contributed by atoms with Gasteiger partial charge in [-0.2, -0.15) is 0 Å². The third kappa shape index (κ3) is 2.10. The molecule has 3 aliphatic heterocycles. The minimum absolute atomic E-state index is 0.0435. The molecule has 3 fully saturated rings. The summed E-state index contributed by atoms with van der Waals surface area (Å²) in [5.74, 6) is 0.713. The maximum absolute atomic E-state index is 12.3. The van der Waals surface area contributed by atoms with Crippen LogP contribution in [0.25, 0.3) is 0 Å². The summed E-state index contributed by atoms with van der Waals surface area (Å²) in [5.41, 5.74) is 0.721. The zero-order valence-corrected chi connectivity index (χ0v) is 12.1. The van der Waals surface area contributed by atoms with Crippen LogP contribution >= 0.6 is 15.9 Å². The van der Waals surface area contributed by atoms with E-state index >= 15 is 0 Å². The van der Waals surface area contributed by atoms with Crippen LogP contribution in [0.4, 0.5) is 0 Å². The summed E-state index contributed by atoms with van der Waals surface area (Å²) >= 11 is 3.42. The highest BCUT2D eigenvalue weighted by Crippen LogP contribution is 2.27. The SMILES string of the molecule is Cn1c(Br)ccc1C(=O)N[C@H]1CN2CCC1CC2. The molecule has 0 spiro atoms. The third-order valence-corrected chi connectivity index (χ3v) is 5.06. The Bertz CT molecular complexity index is 463. The number of fused-ring (bicyclic) bond motifs is 3. The predicted molar refractivity (Wildman–Crippen MR) is 73.5 cm³/mol. The molecule has 18 heavy (non-hydrogen) atoms. The number of hydrogen-bond donors (Lipinski definition) is 1. The molecule has 0 unspecified atom stereocenters.